The molecule has 1 aliphatic rings. The maximum atomic E-state index is 13.3. The van der Waals surface area contributed by atoms with Crippen molar-refractivity contribution in [3.63, 3.8) is 0 Å². The minimum atomic E-state index is -0.233. The molecule has 4 nitrogen and oxygen atoms in total. The van der Waals surface area contributed by atoms with Crippen molar-refractivity contribution in [1.82, 2.24) is 9.97 Å². The van der Waals surface area contributed by atoms with Crippen LogP contribution in [0.25, 0.3) is 11.0 Å². The lowest BCUT2D eigenvalue weighted by molar-refractivity contribution is 0.373. The topological polar surface area (TPSA) is 57.9 Å². The SMILES string of the molecule is CCCN(c1nc2ccc(F)cc2[nH]1)C1CCC(N)CC1. The lowest BCUT2D eigenvalue weighted by atomic mass is 9.91. The van der Waals surface area contributed by atoms with Gasteiger partial charge in [-0.25, -0.2) is 9.37 Å². The number of halogens is 1. The van der Waals surface area contributed by atoms with E-state index in [1.165, 1.54) is 12.1 Å². The average molecular weight is 290 g/mol. The predicted molar refractivity (Wildman–Crippen MR) is 83.9 cm³/mol. The zero-order valence-corrected chi connectivity index (χ0v) is 12.5. The maximum absolute atomic E-state index is 13.3. The lowest BCUT2D eigenvalue weighted by Crippen LogP contribution is -2.42. The van der Waals surface area contributed by atoms with Gasteiger partial charge in [0.1, 0.15) is 5.82 Å². The number of H-pyrrole nitrogens is 1. The summed E-state index contributed by atoms with van der Waals surface area (Å²) in [7, 11) is 0. The number of aromatic amines is 1. The van der Waals surface area contributed by atoms with Crippen molar-refractivity contribution in [2.24, 2.45) is 5.73 Å². The number of nitrogens with one attached hydrogen (secondary N) is 1. The van der Waals surface area contributed by atoms with E-state index in [9.17, 15) is 4.39 Å². The van der Waals surface area contributed by atoms with Crippen molar-refractivity contribution in [3.05, 3.63) is 24.0 Å². The van der Waals surface area contributed by atoms with Gasteiger partial charge in [-0.05, 0) is 50.3 Å². The van der Waals surface area contributed by atoms with Gasteiger partial charge in [0, 0.05) is 18.6 Å². The van der Waals surface area contributed by atoms with Crippen LogP contribution >= 0.6 is 0 Å². The quantitative estimate of drug-likeness (QED) is 0.909. The monoisotopic (exact) mass is 290 g/mol. The first-order valence-corrected chi connectivity index (χ1v) is 7.85. The molecule has 1 aromatic carbocycles. The van der Waals surface area contributed by atoms with Gasteiger partial charge in [-0.1, -0.05) is 6.92 Å². The number of hydrogen-bond acceptors (Lipinski definition) is 3. The molecule has 1 aliphatic carbocycles. The first-order valence-electron chi connectivity index (χ1n) is 7.85. The predicted octanol–water partition coefficient (Wildman–Crippen LogP) is 3.19. The van der Waals surface area contributed by atoms with Crippen LogP contribution in [0.2, 0.25) is 0 Å². The van der Waals surface area contributed by atoms with Crippen molar-refractivity contribution in [3.8, 4) is 0 Å². The Bertz CT molecular complexity index is 601. The molecule has 21 heavy (non-hydrogen) atoms. The number of anilines is 1. The molecular weight excluding hydrogens is 267 g/mol. The van der Waals surface area contributed by atoms with E-state index < -0.39 is 0 Å². The number of nitrogens with two attached hydrogens (primary N) is 1. The van der Waals surface area contributed by atoms with Crippen LogP contribution in [-0.4, -0.2) is 28.6 Å². The summed E-state index contributed by atoms with van der Waals surface area (Å²) in [5.41, 5.74) is 7.59. The summed E-state index contributed by atoms with van der Waals surface area (Å²) in [5, 5.41) is 0. The summed E-state index contributed by atoms with van der Waals surface area (Å²) >= 11 is 0. The Morgan fingerprint density at radius 2 is 2.10 bits per heavy atom. The summed E-state index contributed by atoms with van der Waals surface area (Å²) < 4.78 is 13.3. The van der Waals surface area contributed by atoms with Gasteiger partial charge in [-0.15, -0.1) is 0 Å². The second-order valence-electron chi connectivity index (χ2n) is 5.98. The fourth-order valence-electron chi connectivity index (χ4n) is 3.22. The Hall–Kier alpha value is -1.62. The highest BCUT2D eigenvalue weighted by atomic mass is 19.1. The Morgan fingerprint density at radius 1 is 1.33 bits per heavy atom. The summed E-state index contributed by atoms with van der Waals surface area (Å²) in [6.45, 7) is 3.13. The summed E-state index contributed by atoms with van der Waals surface area (Å²) in [4.78, 5) is 10.2. The number of fused-ring (bicyclic) bond motifs is 1. The molecule has 0 unspecified atom stereocenters. The third-order valence-corrected chi connectivity index (χ3v) is 4.35. The van der Waals surface area contributed by atoms with Crippen LogP contribution in [0, 0.1) is 5.82 Å². The first-order chi connectivity index (χ1) is 10.2. The molecule has 1 saturated carbocycles. The van der Waals surface area contributed by atoms with Gasteiger partial charge in [0.15, 0.2) is 0 Å². The molecule has 0 aliphatic heterocycles. The molecule has 0 spiro atoms. The molecule has 0 saturated heterocycles. The molecule has 0 amide bonds. The van der Waals surface area contributed by atoms with Crippen molar-refractivity contribution in [2.75, 3.05) is 11.4 Å². The molecule has 0 radical (unpaired) electrons. The second-order valence-corrected chi connectivity index (χ2v) is 5.98. The van der Waals surface area contributed by atoms with Crippen molar-refractivity contribution in [1.29, 1.82) is 0 Å². The Balaban J connectivity index is 1.87. The number of hydrogen-bond donors (Lipinski definition) is 2. The van der Waals surface area contributed by atoms with Crippen LogP contribution in [0.15, 0.2) is 18.2 Å². The van der Waals surface area contributed by atoms with E-state index in [1.807, 2.05) is 0 Å². The minimum Gasteiger partial charge on any atom is -0.339 e. The highest BCUT2D eigenvalue weighted by molar-refractivity contribution is 5.77. The van der Waals surface area contributed by atoms with Crippen LogP contribution in [0.4, 0.5) is 10.3 Å². The number of rotatable bonds is 4. The number of nitrogens with zero attached hydrogens (tertiary/aromatic N) is 2. The van der Waals surface area contributed by atoms with Gasteiger partial charge in [-0.2, -0.15) is 0 Å². The third-order valence-electron chi connectivity index (χ3n) is 4.35. The van der Waals surface area contributed by atoms with Crippen LogP contribution < -0.4 is 10.6 Å². The van der Waals surface area contributed by atoms with Crippen molar-refractivity contribution >= 4 is 17.0 Å². The number of aromatic nitrogens is 2. The molecule has 0 bridgehead atoms. The smallest absolute Gasteiger partial charge is 0.204 e. The third kappa shape index (κ3) is 3.02. The van der Waals surface area contributed by atoms with E-state index in [-0.39, 0.29) is 5.82 Å². The van der Waals surface area contributed by atoms with Crippen LogP contribution in [0.1, 0.15) is 39.0 Å². The van der Waals surface area contributed by atoms with Crippen molar-refractivity contribution in [2.45, 2.75) is 51.1 Å². The molecule has 114 valence electrons. The molecule has 1 heterocycles. The summed E-state index contributed by atoms with van der Waals surface area (Å²) in [6, 6.07) is 5.51. The zero-order chi connectivity index (χ0) is 14.8. The Kier molecular flexibility index (Phi) is 4.10. The van der Waals surface area contributed by atoms with Gasteiger partial charge in [-0.3, -0.25) is 0 Å². The van der Waals surface area contributed by atoms with Gasteiger partial charge in [0.2, 0.25) is 5.95 Å². The summed E-state index contributed by atoms with van der Waals surface area (Å²) in [6.07, 6.45) is 5.41. The molecule has 3 N–H and O–H groups in total. The van der Waals surface area contributed by atoms with E-state index in [0.717, 1.165) is 55.6 Å². The number of imidazole rings is 1. The van der Waals surface area contributed by atoms with Gasteiger partial charge in [0.05, 0.1) is 11.0 Å². The van der Waals surface area contributed by atoms with E-state index in [1.54, 1.807) is 6.07 Å². The maximum Gasteiger partial charge on any atom is 0.204 e. The first kappa shape index (κ1) is 14.3. The van der Waals surface area contributed by atoms with Gasteiger partial charge < -0.3 is 15.6 Å². The minimum absolute atomic E-state index is 0.233. The Morgan fingerprint density at radius 3 is 2.81 bits per heavy atom. The molecule has 2 aromatic rings. The van der Waals surface area contributed by atoms with Gasteiger partial charge in [0.25, 0.3) is 0 Å². The molecular formula is C16H23FN4. The fourth-order valence-corrected chi connectivity index (χ4v) is 3.22. The zero-order valence-electron chi connectivity index (χ0n) is 12.5. The van der Waals surface area contributed by atoms with E-state index in [2.05, 4.69) is 21.8 Å². The standard InChI is InChI=1S/C16H23FN4/c1-2-9-21(13-6-4-12(18)5-7-13)16-19-14-8-3-11(17)10-15(14)20-16/h3,8,10,12-13H,2,4-7,9,18H2,1H3,(H,19,20). The molecule has 5 heteroatoms. The average Bonchev–Trinajstić information content (AvgIpc) is 2.88. The van der Waals surface area contributed by atoms with E-state index in [4.69, 9.17) is 5.73 Å². The molecule has 1 aromatic heterocycles. The summed E-state index contributed by atoms with van der Waals surface area (Å²) in [5.74, 6) is 0.626. The second kappa shape index (κ2) is 6.02. The highest BCUT2D eigenvalue weighted by Crippen LogP contribution is 2.27. The molecule has 0 atom stereocenters. The van der Waals surface area contributed by atoms with Crippen LogP contribution in [-0.2, 0) is 0 Å². The lowest BCUT2D eigenvalue weighted by Gasteiger charge is -2.35. The Labute approximate surface area is 124 Å². The fraction of sp³-hybridized carbons (Fsp3) is 0.562. The largest absolute Gasteiger partial charge is 0.339 e. The van der Waals surface area contributed by atoms with E-state index >= 15 is 0 Å². The molecule has 3 rings (SSSR count). The van der Waals surface area contributed by atoms with Crippen LogP contribution in [0.5, 0.6) is 0 Å². The molecule has 1 fully saturated rings. The van der Waals surface area contributed by atoms with E-state index in [0.29, 0.717) is 12.1 Å². The van der Waals surface area contributed by atoms with Crippen LogP contribution in [0.3, 0.4) is 0 Å². The van der Waals surface area contributed by atoms with Gasteiger partial charge >= 0.3 is 0 Å². The normalized spacial score (nSPS) is 22.6. The number of benzene rings is 1. The van der Waals surface area contributed by atoms with Crippen molar-refractivity contribution < 1.29 is 4.39 Å². The highest BCUT2D eigenvalue weighted by Gasteiger charge is 2.25.